The zero-order valence-electron chi connectivity index (χ0n) is 15.4. The molecule has 142 valence electrons. The summed E-state index contributed by atoms with van der Waals surface area (Å²) in [7, 11) is 0. The molecule has 2 heterocycles. The standard InChI is InChI=1S/C21H20N4O3/c1-13(19-23-16-9-4-5-10-17(16)24-19)22-18(26)11-6-12-25-20(27)14-7-2-3-8-15(14)21(25)28/h2-5,7-10,13H,6,11-12H2,1H3,(H,22,26)(H,23,24)/t13-/m0/s1. The Hall–Kier alpha value is -3.48. The van der Waals surface area contributed by atoms with Crippen LogP contribution in [-0.4, -0.2) is 39.1 Å². The predicted molar refractivity (Wildman–Crippen MR) is 104 cm³/mol. The minimum absolute atomic E-state index is 0.149. The number of aromatic nitrogens is 2. The van der Waals surface area contributed by atoms with Gasteiger partial charge in [-0.3, -0.25) is 19.3 Å². The number of hydrogen-bond acceptors (Lipinski definition) is 4. The molecule has 0 spiro atoms. The van der Waals surface area contributed by atoms with Gasteiger partial charge in [-0.25, -0.2) is 4.98 Å². The summed E-state index contributed by atoms with van der Waals surface area (Å²) in [6.07, 6.45) is 0.627. The number of imide groups is 1. The number of carbonyl (C=O) groups is 3. The fraction of sp³-hybridized carbons (Fsp3) is 0.238. The molecule has 1 aliphatic heterocycles. The molecule has 2 N–H and O–H groups in total. The number of imidazole rings is 1. The van der Waals surface area contributed by atoms with E-state index in [1.54, 1.807) is 24.3 Å². The number of nitrogens with zero attached hydrogens (tertiary/aromatic N) is 2. The number of para-hydroxylation sites is 2. The molecular weight excluding hydrogens is 356 g/mol. The van der Waals surface area contributed by atoms with Crippen molar-refractivity contribution in [1.29, 1.82) is 0 Å². The van der Waals surface area contributed by atoms with Gasteiger partial charge in [-0.2, -0.15) is 0 Å². The molecule has 28 heavy (non-hydrogen) atoms. The fourth-order valence-electron chi connectivity index (χ4n) is 3.40. The second-order valence-electron chi connectivity index (χ2n) is 6.84. The third-order valence-electron chi connectivity index (χ3n) is 4.86. The maximum absolute atomic E-state index is 12.3. The van der Waals surface area contributed by atoms with E-state index < -0.39 is 0 Å². The summed E-state index contributed by atoms with van der Waals surface area (Å²) >= 11 is 0. The van der Waals surface area contributed by atoms with Gasteiger partial charge in [0.1, 0.15) is 5.82 Å². The van der Waals surface area contributed by atoms with Crippen LogP contribution >= 0.6 is 0 Å². The summed E-state index contributed by atoms with van der Waals surface area (Å²) in [5.41, 5.74) is 2.62. The third-order valence-corrected chi connectivity index (χ3v) is 4.86. The van der Waals surface area contributed by atoms with E-state index in [-0.39, 0.29) is 36.7 Å². The van der Waals surface area contributed by atoms with Crippen molar-refractivity contribution in [2.75, 3.05) is 6.54 Å². The molecule has 0 unspecified atom stereocenters. The Morgan fingerprint density at radius 3 is 2.39 bits per heavy atom. The number of amides is 3. The highest BCUT2D eigenvalue weighted by Gasteiger charge is 2.34. The van der Waals surface area contributed by atoms with Crippen LogP contribution < -0.4 is 5.32 Å². The van der Waals surface area contributed by atoms with Crippen LogP contribution in [0.4, 0.5) is 0 Å². The van der Waals surface area contributed by atoms with Crippen LogP contribution in [0.5, 0.6) is 0 Å². The summed E-state index contributed by atoms with van der Waals surface area (Å²) in [6.45, 7) is 2.08. The van der Waals surface area contributed by atoms with E-state index in [4.69, 9.17) is 0 Å². The van der Waals surface area contributed by atoms with Crippen LogP contribution in [0.2, 0.25) is 0 Å². The third kappa shape index (κ3) is 3.26. The van der Waals surface area contributed by atoms with E-state index in [9.17, 15) is 14.4 Å². The van der Waals surface area contributed by atoms with E-state index in [0.29, 0.717) is 23.4 Å². The fourth-order valence-corrected chi connectivity index (χ4v) is 3.40. The molecule has 0 aliphatic carbocycles. The maximum atomic E-state index is 12.3. The lowest BCUT2D eigenvalue weighted by Gasteiger charge is -2.14. The first-order valence-corrected chi connectivity index (χ1v) is 9.24. The molecular formula is C21H20N4O3. The second-order valence-corrected chi connectivity index (χ2v) is 6.84. The smallest absolute Gasteiger partial charge is 0.261 e. The number of H-pyrrole nitrogens is 1. The molecule has 1 atom stereocenters. The summed E-state index contributed by atoms with van der Waals surface area (Å²) in [4.78, 5) is 45.8. The Morgan fingerprint density at radius 2 is 1.71 bits per heavy atom. The van der Waals surface area contributed by atoms with Crippen molar-refractivity contribution in [2.24, 2.45) is 0 Å². The Balaban J connectivity index is 1.30. The summed E-state index contributed by atoms with van der Waals surface area (Å²) < 4.78 is 0. The van der Waals surface area contributed by atoms with Gasteiger partial charge in [0.25, 0.3) is 11.8 Å². The molecule has 3 amide bonds. The molecule has 1 aliphatic rings. The van der Waals surface area contributed by atoms with Gasteiger partial charge in [0.05, 0.1) is 28.2 Å². The quantitative estimate of drug-likeness (QED) is 0.647. The second kappa shape index (κ2) is 7.26. The Morgan fingerprint density at radius 1 is 1.07 bits per heavy atom. The van der Waals surface area contributed by atoms with Gasteiger partial charge in [-0.1, -0.05) is 24.3 Å². The van der Waals surface area contributed by atoms with Gasteiger partial charge >= 0.3 is 0 Å². The van der Waals surface area contributed by atoms with Gasteiger partial charge in [-0.05, 0) is 37.6 Å². The summed E-state index contributed by atoms with van der Waals surface area (Å²) in [5, 5.41) is 2.90. The van der Waals surface area contributed by atoms with Crippen LogP contribution in [-0.2, 0) is 4.79 Å². The number of carbonyl (C=O) groups excluding carboxylic acids is 3. The zero-order chi connectivity index (χ0) is 19.7. The van der Waals surface area contributed by atoms with E-state index >= 15 is 0 Å². The van der Waals surface area contributed by atoms with Gasteiger partial charge < -0.3 is 10.3 Å². The molecule has 7 nitrogen and oxygen atoms in total. The van der Waals surface area contributed by atoms with E-state index in [2.05, 4.69) is 15.3 Å². The average Bonchev–Trinajstić information content (AvgIpc) is 3.23. The molecule has 0 saturated carbocycles. The highest BCUT2D eigenvalue weighted by molar-refractivity contribution is 6.21. The zero-order valence-corrected chi connectivity index (χ0v) is 15.4. The molecule has 4 rings (SSSR count). The van der Waals surface area contributed by atoms with E-state index in [1.807, 2.05) is 31.2 Å². The van der Waals surface area contributed by atoms with Crippen LogP contribution in [0.3, 0.4) is 0 Å². The molecule has 2 aromatic carbocycles. The van der Waals surface area contributed by atoms with Crippen molar-refractivity contribution in [1.82, 2.24) is 20.2 Å². The molecule has 0 bridgehead atoms. The Bertz CT molecular complexity index is 1000. The Kier molecular flexibility index (Phi) is 4.65. The number of nitrogens with one attached hydrogen (secondary N) is 2. The monoisotopic (exact) mass is 376 g/mol. The topological polar surface area (TPSA) is 95.2 Å². The highest BCUT2D eigenvalue weighted by Crippen LogP contribution is 2.22. The van der Waals surface area contributed by atoms with Crippen LogP contribution in [0.1, 0.15) is 52.3 Å². The first-order valence-electron chi connectivity index (χ1n) is 9.24. The maximum Gasteiger partial charge on any atom is 0.261 e. The highest BCUT2D eigenvalue weighted by atomic mass is 16.2. The summed E-state index contributed by atoms with van der Waals surface area (Å²) in [5.74, 6) is -0.0484. The van der Waals surface area contributed by atoms with Crippen molar-refractivity contribution < 1.29 is 14.4 Å². The van der Waals surface area contributed by atoms with Crippen molar-refractivity contribution in [3.63, 3.8) is 0 Å². The first kappa shape index (κ1) is 17.9. The summed E-state index contributed by atoms with van der Waals surface area (Å²) in [6, 6.07) is 14.2. The molecule has 0 saturated heterocycles. The number of hydrogen-bond donors (Lipinski definition) is 2. The minimum atomic E-state index is -0.295. The first-order chi connectivity index (χ1) is 13.5. The SMILES string of the molecule is C[C@H](NC(=O)CCCN1C(=O)c2ccccc2C1=O)c1nc2ccccc2[nH]1. The number of aromatic amines is 1. The van der Waals surface area contributed by atoms with E-state index in [0.717, 1.165) is 11.0 Å². The van der Waals surface area contributed by atoms with Gasteiger partial charge in [0.2, 0.25) is 5.91 Å². The molecule has 1 aromatic heterocycles. The molecule has 3 aromatic rings. The van der Waals surface area contributed by atoms with Crippen LogP contribution in [0, 0.1) is 0 Å². The lowest BCUT2D eigenvalue weighted by molar-refractivity contribution is -0.121. The lowest BCUT2D eigenvalue weighted by atomic mass is 10.1. The Labute approximate surface area is 161 Å². The number of benzene rings is 2. The van der Waals surface area contributed by atoms with Gasteiger partial charge in [-0.15, -0.1) is 0 Å². The van der Waals surface area contributed by atoms with Crippen molar-refractivity contribution in [2.45, 2.75) is 25.8 Å². The number of rotatable bonds is 6. The van der Waals surface area contributed by atoms with Gasteiger partial charge in [0.15, 0.2) is 0 Å². The van der Waals surface area contributed by atoms with Crippen molar-refractivity contribution in [3.8, 4) is 0 Å². The predicted octanol–water partition coefficient (Wildman–Crippen LogP) is 2.82. The molecule has 0 fully saturated rings. The molecule has 7 heteroatoms. The largest absolute Gasteiger partial charge is 0.346 e. The average molecular weight is 376 g/mol. The van der Waals surface area contributed by atoms with Crippen LogP contribution in [0.15, 0.2) is 48.5 Å². The molecule has 0 radical (unpaired) electrons. The minimum Gasteiger partial charge on any atom is -0.346 e. The van der Waals surface area contributed by atoms with Gasteiger partial charge in [0, 0.05) is 13.0 Å². The van der Waals surface area contributed by atoms with Crippen molar-refractivity contribution >= 4 is 28.8 Å². The van der Waals surface area contributed by atoms with Crippen molar-refractivity contribution in [3.05, 3.63) is 65.5 Å². The normalized spacial score (nSPS) is 14.4. The van der Waals surface area contributed by atoms with Crippen LogP contribution in [0.25, 0.3) is 11.0 Å². The van der Waals surface area contributed by atoms with E-state index in [1.165, 1.54) is 4.90 Å². The number of fused-ring (bicyclic) bond motifs is 2. The lowest BCUT2D eigenvalue weighted by Crippen LogP contribution is -2.32.